The van der Waals surface area contributed by atoms with E-state index in [2.05, 4.69) is 17.4 Å². The minimum Gasteiger partial charge on any atom is -0.480 e. The molecule has 2 aromatic rings. The molecule has 0 spiro atoms. The third-order valence-electron chi connectivity index (χ3n) is 6.38. The predicted molar refractivity (Wildman–Crippen MR) is 121 cm³/mol. The molecule has 0 bridgehead atoms. The lowest BCUT2D eigenvalue weighted by molar-refractivity contribution is -0.149. The van der Waals surface area contributed by atoms with Gasteiger partial charge in [0.2, 0.25) is 5.91 Å². The average Bonchev–Trinajstić information content (AvgIpc) is 3.13. The van der Waals surface area contributed by atoms with Gasteiger partial charge in [0.15, 0.2) is 0 Å². The lowest BCUT2D eigenvalue weighted by Crippen LogP contribution is -2.54. The molecule has 170 valence electrons. The molecule has 2 amide bonds. The molecule has 0 heterocycles. The molecule has 0 radical (unpaired) electrons. The number of aliphatic carboxylic acids is 1. The number of ether oxygens (including phenoxy) is 1. The van der Waals surface area contributed by atoms with Gasteiger partial charge in [-0.15, -0.1) is 0 Å². The van der Waals surface area contributed by atoms with Crippen molar-refractivity contribution in [2.75, 3.05) is 13.7 Å². The molecule has 3 rings (SSSR count). The van der Waals surface area contributed by atoms with E-state index in [-0.39, 0.29) is 18.4 Å². The Labute approximate surface area is 188 Å². The van der Waals surface area contributed by atoms with Gasteiger partial charge in [0.05, 0.1) is 0 Å². The number of hydrogen-bond donors (Lipinski definition) is 2. The first-order valence-corrected chi connectivity index (χ1v) is 10.9. The van der Waals surface area contributed by atoms with Crippen molar-refractivity contribution in [2.45, 2.75) is 45.2 Å². The molecule has 3 atom stereocenters. The third kappa shape index (κ3) is 4.61. The largest absolute Gasteiger partial charge is 0.480 e. The number of alkyl carbamates (subject to hydrolysis) is 1. The van der Waals surface area contributed by atoms with Crippen molar-refractivity contribution in [3.8, 4) is 11.1 Å². The summed E-state index contributed by atoms with van der Waals surface area (Å²) in [5, 5.41) is 11.9. The number of benzene rings is 2. The van der Waals surface area contributed by atoms with Gasteiger partial charge in [0, 0.05) is 13.0 Å². The minimum atomic E-state index is -1.11. The second-order valence-electron chi connectivity index (χ2n) is 8.30. The Hall–Kier alpha value is -3.35. The van der Waals surface area contributed by atoms with Crippen molar-refractivity contribution < 1.29 is 24.2 Å². The zero-order valence-electron chi connectivity index (χ0n) is 18.9. The van der Waals surface area contributed by atoms with Crippen LogP contribution in [-0.2, 0) is 14.3 Å². The summed E-state index contributed by atoms with van der Waals surface area (Å²) < 4.78 is 5.57. The van der Waals surface area contributed by atoms with Crippen molar-refractivity contribution in [3.05, 3.63) is 59.7 Å². The summed E-state index contributed by atoms with van der Waals surface area (Å²) >= 11 is 0. The monoisotopic (exact) mass is 438 g/mol. The van der Waals surface area contributed by atoms with Crippen molar-refractivity contribution in [2.24, 2.45) is 5.92 Å². The zero-order valence-corrected chi connectivity index (χ0v) is 18.9. The number of carboxylic acids is 1. The van der Waals surface area contributed by atoms with Gasteiger partial charge >= 0.3 is 12.1 Å². The molecule has 7 nitrogen and oxygen atoms in total. The minimum absolute atomic E-state index is 0.0828. The molecule has 0 aliphatic heterocycles. The fourth-order valence-electron chi connectivity index (χ4n) is 4.03. The maximum Gasteiger partial charge on any atom is 0.407 e. The second kappa shape index (κ2) is 9.85. The lowest BCUT2D eigenvalue weighted by atomic mass is 9.97. The van der Waals surface area contributed by atoms with Gasteiger partial charge in [-0.2, -0.15) is 0 Å². The molecule has 0 unspecified atom stereocenters. The highest BCUT2D eigenvalue weighted by atomic mass is 16.5. The first kappa shape index (κ1) is 23.3. The molecular weight excluding hydrogens is 408 g/mol. The summed E-state index contributed by atoms with van der Waals surface area (Å²) in [7, 11) is 1.43. The van der Waals surface area contributed by atoms with Crippen LogP contribution in [0.15, 0.2) is 48.5 Å². The number of rotatable bonds is 8. The summed E-state index contributed by atoms with van der Waals surface area (Å²) in [6, 6.07) is 14.2. The molecule has 2 aromatic carbocycles. The average molecular weight is 439 g/mol. The topological polar surface area (TPSA) is 95.9 Å². The van der Waals surface area contributed by atoms with Gasteiger partial charge in [-0.05, 0) is 35.1 Å². The highest BCUT2D eigenvalue weighted by Crippen LogP contribution is 2.44. The number of nitrogens with one attached hydrogen (secondary N) is 1. The summed E-state index contributed by atoms with van der Waals surface area (Å²) in [6.45, 7) is 5.32. The Bertz CT molecular complexity index is 960. The number of fused-ring (bicyclic) bond motifs is 3. The summed E-state index contributed by atoms with van der Waals surface area (Å²) in [5.41, 5.74) is 4.47. The molecule has 1 aliphatic rings. The third-order valence-corrected chi connectivity index (χ3v) is 6.38. The standard InChI is InChI=1S/C25H30N2O5/c1-5-15(2)22(23(28)27(4)16(3)24(29)30)26-25(31)32-14-21-19-12-8-6-10-17(19)18-11-7-9-13-20(18)21/h6-13,15-16,21-22H,5,14H2,1-4H3,(H,26,31)(H,29,30)/t15-,16-,22-/m0/s1. The first-order valence-electron chi connectivity index (χ1n) is 10.9. The summed E-state index contributed by atoms with van der Waals surface area (Å²) in [5.74, 6) is -1.83. The lowest BCUT2D eigenvalue weighted by Gasteiger charge is -2.30. The Kier molecular flexibility index (Phi) is 7.18. The van der Waals surface area contributed by atoms with Crippen LogP contribution in [-0.4, -0.2) is 53.7 Å². The molecular formula is C25H30N2O5. The maximum absolute atomic E-state index is 12.9. The number of carbonyl (C=O) groups is 3. The van der Waals surface area contributed by atoms with Gasteiger partial charge in [0.25, 0.3) is 0 Å². The first-order chi connectivity index (χ1) is 15.3. The smallest absolute Gasteiger partial charge is 0.407 e. The Morgan fingerprint density at radius 1 is 1.03 bits per heavy atom. The molecule has 0 saturated heterocycles. The highest BCUT2D eigenvalue weighted by molar-refractivity contribution is 5.89. The Morgan fingerprint density at radius 2 is 1.56 bits per heavy atom. The van der Waals surface area contributed by atoms with Crippen LogP contribution in [0, 0.1) is 5.92 Å². The van der Waals surface area contributed by atoms with Crippen molar-refractivity contribution in [1.82, 2.24) is 10.2 Å². The molecule has 0 aromatic heterocycles. The van der Waals surface area contributed by atoms with E-state index in [1.165, 1.54) is 14.0 Å². The maximum atomic E-state index is 12.9. The quantitative estimate of drug-likeness (QED) is 0.652. The van der Waals surface area contributed by atoms with Gasteiger partial charge in [0.1, 0.15) is 18.7 Å². The van der Waals surface area contributed by atoms with E-state index in [1.807, 2.05) is 50.2 Å². The van der Waals surface area contributed by atoms with E-state index < -0.39 is 30.1 Å². The number of hydrogen-bond acceptors (Lipinski definition) is 4. The van der Waals surface area contributed by atoms with E-state index in [4.69, 9.17) is 4.74 Å². The van der Waals surface area contributed by atoms with E-state index in [9.17, 15) is 19.5 Å². The molecule has 7 heteroatoms. The van der Waals surface area contributed by atoms with Crippen LogP contribution in [0.3, 0.4) is 0 Å². The molecule has 2 N–H and O–H groups in total. The number of likely N-dealkylation sites (N-methyl/N-ethyl adjacent to an activating group) is 1. The number of carbonyl (C=O) groups excluding carboxylic acids is 2. The van der Waals surface area contributed by atoms with Crippen LogP contribution in [0.1, 0.15) is 44.2 Å². The van der Waals surface area contributed by atoms with Gasteiger partial charge < -0.3 is 20.1 Å². The molecule has 1 aliphatic carbocycles. The van der Waals surface area contributed by atoms with E-state index in [1.54, 1.807) is 0 Å². The normalized spacial score (nSPS) is 15.1. The summed E-state index contributed by atoms with van der Waals surface area (Å²) in [6.07, 6.45) is -0.0584. The van der Waals surface area contributed by atoms with Crippen molar-refractivity contribution in [3.63, 3.8) is 0 Å². The Balaban J connectivity index is 1.71. The van der Waals surface area contributed by atoms with Crippen LogP contribution in [0.4, 0.5) is 4.79 Å². The van der Waals surface area contributed by atoms with Gasteiger partial charge in [-0.1, -0.05) is 68.8 Å². The van der Waals surface area contributed by atoms with Crippen LogP contribution in [0.2, 0.25) is 0 Å². The number of amides is 2. The number of carboxylic acid groups (broad SMARTS) is 1. The van der Waals surface area contributed by atoms with Gasteiger partial charge in [-0.3, -0.25) is 4.79 Å². The summed E-state index contributed by atoms with van der Waals surface area (Å²) in [4.78, 5) is 38.0. The molecule has 0 saturated carbocycles. The van der Waals surface area contributed by atoms with Crippen LogP contribution in [0.25, 0.3) is 11.1 Å². The zero-order chi connectivity index (χ0) is 23.4. The fourth-order valence-corrected chi connectivity index (χ4v) is 4.03. The highest BCUT2D eigenvalue weighted by Gasteiger charge is 2.34. The molecule has 32 heavy (non-hydrogen) atoms. The van der Waals surface area contributed by atoms with Crippen LogP contribution >= 0.6 is 0 Å². The van der Waals surface area contributed by atoms with E-state index in [0.717, 1.165) is 27.2 Å². The predicted octanol–water partition coefficient (Wildman–Crippen LogP) is 3.87. The number of nitrogens with zero attached hydrogens (tertiary/aromatic N) is 1. The SMILES string of the molecule is CC[C@H](C)[C@H](NC(=O)OCC1c2ccccc2-c2ccccc21)C(=O)N(C)[C@@H](C)C(=O)O. The van der Waals surface area contributed by atoms with Crippen LogP contribution in [0.5, 0.6) is 0 Å². The fraction of sp³-hybridized carbons (Fsp3) is 0.400. The van der Waals surface area contributed by atoms with Crippen molar-refractivity contribution >= 4 is 18.0 Å². The van der Waals surface area contributed by atoms with Crippen molar-refractivity contribution in [1.29, 1.82) is 0 Å². The Morgan fingerprint density at radius 3 is 2.06 bits per heavy atom. The second-order valence-corrected chi connectivity index (χ2v) is 8.30. The molecule has 0 fully saturated rings. The van der Waals surface area contributed by atoms with E-state index in [0.29, 0.717) is 6.42 Å². The van der Waals surface area contributed by atoms with Gasteiger partial charge in [-0.25, -0.2) is 9.59 Å². The van der Waals surface area contributed by atoms with E-state index >= 15 is 0 Å². The van der Waals surface area contributed by atoms with Crippen LogP contribution < -0.4 is 5.32 Å².